The molecule has 2 nitrogen and oxygen atoms in total. The third kappa shape index (κ3) is 1.96. The van der Waals surface area contributed by atoms with Gasteiger partial charge in [-0.1, -0.05) is 6.92 Å². The molecule has 0 saturated heterocycles. The molecular formula is C13H18O2. The maximum atomic E-state index is 9.72. The Morgan fingerprint density at radius 2 is 2.20 bits per heavy atom. The molecule has 2 aliphatic rings. The van der Waals surface area contributed by atoms with E-state index in [4.69, 9.17) is 4.42 Å². The maximum absolute atomic E-state index is 9.72. The van der Waals surface area contributed by atoms with Crippen LogP contribution in [-0.2, 0) is 6.42 Å². The predicted molar refractivity (Wildman–Crippen MR) is 57.7 cm³/mol. The fourth-order valence-corrected chi connectivity index (χ4v) is 2.20. The lowest BCUT2D eigenvalue weighted by Crippen LogP contribution is -2.07. The Labute approximate surface area is 90.3 Å². The third-order valence-electron chi connectivity index (χ3n) is 3.82. The number of furan rings is 1. The summed E-state index contributed by atoms with van der Waals surface area (Å²) in [5.74, 6) is 3.67. The smallest absolute Gasteiger partial charge is 0.107 e. The Bertz CT molecular complexity index is 362. The van der Waals surface area contributed by atoms with E-state index in [1.54, 1.807) is 0 Å². The topological polar surface area (TPSA) is 33.4 Å². The van der Waals surface area contributed by atoms with Crippen LogP contribution in [0.3, 0.4) is 0 Å². The molecule has 2 atom stereocenters. The average Bonchev–Trinajstić information content (AvgIpc) is 3.07. The second-order valence-electron chi connectivity index (χ2n) is 5.35. The van der Waals surface area contributed by atoms with Gasteiger partial charge >= 0.3 is 0 Å². The second kappa shape index (κ2) is 3.11. The van der Waals surface area contributed by atoms with E-state index >= 15 is 0 Å². The van der Waals surface area contributed by atoms with Gasteiger partial charge in [0.2, 0.25) is 0 Å². The van der Waals surface area contributed by atoms with E-state index in [0.29, 0.717) is 5.92 Å². The SMILES string of the molecule is CC1CC1c1ccc(CCC2(O)CC2)o1. The molecule has 2 saturated carbocycles. The lowest BCUT2D eigenvalue weighted by Gasteiger charge is -2.04. The van der Waals surface area contributed by atoms with E-state index in [-0.39, 0.29) is 5.60 Å². The molecule has 3 rings (SSSR count). The highest BCUT2D eigenvalue weighted by Gasteiger charge is 2.40. The molecule has 0 spiro atoms. The van der Waals surface area contributed by atoms with Crippen LogP contribution in [0.15, 0.2) is 16.5 Å². The first kappa shape index (κ1) is 9.46. The molecule has 15 heavy (non-hydrogen) atoms. The first-order valence-electron chi connectivity index (χ1n) is 5.97. The number of hydrogen-bond acceptors (Lipinski definition) is 2. The van der Waals surface area contributed by atoms with Crippen molar-refractivity contribution in [1.82, 2.24) is 0 Å². The minimum absolute atomic E-state index is 0.347. The summed E-state index contributed by atoms with van der Waals surface area (Å²) in [6, 6.07) is 4.19. The third-order valence-corrected chi connectivity index (χ3v) is 3.82. The number of aryl methyl sites for hydroxylation is 1. The van der Waals surface area contributed by atoms with Crippen molar-refractivity contribution in [3.63, 3.8) is 0 Å². The molecule has 1 aromatic heterocycles. The summed E-state index contributed by atoms with van der Waals surface area (Å²) < 4.78 is 5.79. The molecule has 2 fully saturated rings. The van der Waals surface area contributed by atoms with Crippen LogP contribution in [-0.4, -0.2) is 10.7 Å². The molecule has 82 valence electrons. The van der Waals surface area contributed by atoms with E-state index < -0.39 is 0 Å². The fourth-order valence-electron chi connectivity index (χ4n) is 2.20. The quantitative estimate of drug-likeness (QED) is 0.821. The largest absolute Gasteiger partial charge is 0.466 e. The molecule has 0 aliphatic heterocycles. The summed E-state index contributed by atoms with van der Waals surface area (Å²) in [4.78, 5) is 0. The van der Waals surface area contributed by atoms with Crippen molar-refractivity contribution in [3.05, 3.63) is 23.7 Å². The summed E-state index contributed by atoms with van der Waals surface area (Å²) in [7, 11) is 0. The second-order valence-corrected chi connectivity index (χ2v) is 5.35. The lowest BCUT2D eigenvalue weighted by molar-refractivity contribution is 0.138. The molecule has 1 N–H and O–H groups in total. The van der Waals surface area contributed by atoms with Crippen molar-refractivity contribution in [2.45, 2.75) is 50.5 Å². The van der Waals surface area contributed by atoms with Crippen LogP contribution in [0.5, 0.6) is 0 Å². The van der Waals surface area contributed by atoms with Gasteiger partial charge in [-0.3, -0.25) is 0 Å². The predicted octanol–water partition coefficient (Wildman–Crippen LogP) is 2.86. The lowest BCUT2D eigenvalue weighted by atomic mass is 10.1. The van der Waals surface area contributed by atoms with Crippen molar-refractivity contribution >= 4 is 0 Å². The Morgan fingerprint density at radius 3 is 2.80 bits per heavy atom. The molecule has 2 heteroatoms. The van der Waals surface area contributed by atoms with Crippen molar-refractivity contribution in [3.8, 4) is 0 Å². The number of aliphatic hydroxyl groups is 1. The maximum Gasteiger partial charge on any atom is 0.107 e. The van der Waals surface area contributed by atoms with Crippen molar-refractivity contribution in [1.29, 1.82) is 0 Å². The van der Waals surface area contributed by atoms with E-state index in [2.05, 4.69) is 19.1 Å². The molecule has 2 unspecified atom stereocenters. The van der Waals surface area contributed by atoms with E-state index in [0.717, 1.165) is 43.1 Å². The highest BCUT2D eigenvalue weighted by molar-refractivity contribution is 5.18. The Hall–Kier alpha value is -0.760. The first-order chi connectivity index (χ1) is 7.16. The van der Waals surface area contributed by atoms with Gasteiger partial charge in [-0.25, -0.2) is 0 Å². The normalized spacial score (nSPS) is 31.6. The first-order valence-corrected chi connectivity index (χ1v) is 5.97. The van der Waals surface area contributed by atoms with Gasteiger partial charge in [0, 0.05) is 12.3 Å². The van der Waals surface area contributed by atoms with Gasteiger partial charge in [0.25, 0.3) is 0 Å². The average molecular weight is 206 g/mol. The van der Waals surface area contributed by atoms with Crippen LogP contribution < -0.4 is 0 Å². The zero-order valence-corrected chi connectivity index (χ0v) is 9.20. The van der Waals surface area contributed by atoms with Gasteiger partial charge in [0.1, 0.15) is 11.5 Å². The summed E-state index contributed by atoms with van der Waals surface area (Å²) >= 11 is 0. The molecular weight excluding hydrogens is 188 g/mol. The van der Waals surface area contributed by atoms with E-state index in [1.807, 2.05) is 0 Å². The molecule has 1 heterocycles. The van der Waals surface area contributed by atoms with Crippen molar-refractivity contribution in [2.24, 2.45) is 5.92 Å². The zero-order chi connectivity index (χ0) is 10.5. The Kier molecular flexibility index (Phi) is 1.96. The van der Waals surface area contributed by atoms with E-state index in [9.17, 15) is 5.11 Å². The van der Waals surface area contributed by atoms with Crippen LogP contribution in [0.2, 0.25) is 0 Å². The van der Waals surface area contributed by atoms with Crippen molar-refractivity contribution in [2.75, 3.05) is 0 Å². The molecule has 0 bridgehead atoms. The summed E-state index contributed by atoms with van der Waals surface area (Å²) in [6.45, 7) is 2.26. The number of rotatable bonds is 4. The van der Waals surface area contributed by atoms with Gasteiger partial charge in [0.05, 0.1) is 5.60 Å². The minimum atomic E-state index is -0.347. The van der Waals surface area contributed by atoms with Crippen LogP contribution >= 0.6 is 0 Å². The van der Waals surface area contributed by atoms with Gasteiger partial charge in [-0.2, -0.15) is 0 Å². The standard InChI is InChI=1S/C13H18O2/c1-9-8-11(9)12-3-2-10(15-12)4-5-13(14)6-7-13/h2-3,9,11,14H,4-8H2,1H3. The Balaban J connectivity index is 1.59. The van der Waals surface area contributed by atoms with Gasteiger partial charge in [0.15, 0.2) is 0 Å². The fraction of sp³-hybridized carbons (Fsp3) is 0.692. The molecule has 1 aromatic rings. The number of hydrogen-bond donors (Lipinski definition) is 1. The monoisotopic (exact) mass is 206 g/mol. The summed E-state index contributed by atoms with van der Waals surface area (Å²) in [6.07, 6.45) is 4.97. The van der Waals surface area contributed by atoms with Crippen molar-refractivity contribution < 1.29 is 9.52 Å². The van der Waals surface area contributed by atoms with Crippen LogP contribution in [0.4, 0.5) is 0 Å². The Morgan fingerprint density at radius 1 is 1.47 bits per heavy atom. The minimum Gasteiger partial charge on any atom is -0.466 e. The van der Waals surface area contributed by atoms with Gasteiger partial charge < -0.3 is 9.52 Å². The molecule has 0 amide bonds. The van der Waals surface area contributed by atoms with Crippen LogP contribution in [0.1, 0.15) is 50.0 Å². The van der Waals surface area contributed by atoms with Gasteiger partial charge in [-0.05, 0) is 43.7 Å². The molecule has 0 aromatic carbocycles. The molecule has 2 aliphatic carbocycles. The molecule has 0 radical (unpaired) electrons. The summed E-state index contributed by atoms with van der Waals surface area (Å²) in [5, 5.41) is 9.72. The summed E-state index contributed by atoms with van der Waals surface area (Å²) in [5.41, 5.74) is -0.347. The van der Waals surface area contributed by atoms with Crippen LogP contribution in [0, 0.1) is 5.92 Å². The van der Waals surface area contributed by atoms with Crippen LogP contribution in [0.25, 0.3) is 0 Å². The van der Waals surface area contributed by atoms with E-state index in [1.165, 1.54) is 6.42 Å². The zero-order valence-electron chi connectivity index (χ0n) is 9.20. The highest BCUT2D eigenvalue weighted by Crippen LogP contribution is 2.47. The highest BCUT2D eigenvalue weighted by atomic mass is 16.3. The van der Waals surface area contributed by atoms with Gasteiger partial charge in [-0.15, -0.1) is 0 Å².